The summed E-state index contributed by atoms with van der Waals surface area (Å²) in [6, 6.07) is 11.4. The molecule has 1 aromatic carbocycles. The molecule has 0 atom stereocenters. The van der Waals surface area contributed by atoms with Gasteiger partial charge < -0.3 is 15.5 Å². The number of nitrogens with one attached hydrogen (secondary N) is 2. The van der Waals surface area contributed by atoms with Gasteiger partial charge in [-0.2, -0.15) is 0 Å². The Labute approximate surface area is 147 Å². The maximum atomic E-state index is 12.0. The van der Waals surface area contributed by atoms with E-state index in [4.69, 9.17) is 0 Å². The first-order chi connectivity index (χ1) is 12.1. The number of aryl methyl sites for hydroxylation is 1. The molecule has 1 aromatic heterocycles. The molecular weight excluding hydrogens is 316 g/mol. The summed E-state index contributed by atoms with van der Waals surface area (Å²) in [5.41, 5.74) is 2.61. The zero-order valence-electron chi connectivity index (χ0n) is 14.3. The van der Waals surface area contributed by atoms with Gasteiger partial charge in [0.1, 0.15) is 5.82 Å². The molecule has 25 heavy (non-hydrogen) atoms. The van der Waals surface area contributed by atoms with E-state index in [0.717, 1.165) is 30.0 Å². The number of anilines is 2. The Morgan fingerprint density at radius 1 is 1.04 bits per heavy atom. The summed E-state index contributed by atoms with van der Waals surface area (Å²) < 4.78 is 0. The lowest BCUT2D eigenvalue weighted by atomic mass is 10.1. The molecule has 0 aliphatic carbocycles. The molecule has 0 saturated carbocycles. The average molecular weight is 338 g/mol. The van der Waals surface area contributed by atoms with Crippen LogP contribution in [0, 0.1) is 6.92 Å². The number of benzene rings is 1. The Hall–Kier alpha value is -2.89. The van der Waals surface area contributed by atoms with E-state index in [-0.39, 0.29) is 0 Å². The molecule has 2 aromatic rings. The van der Waals surface area contributed by atoms with Gasteiger partial charge in [-0.15, -0.1) is 0 Å². The molecule has 2 amide bonds. The van der Waals surface area contributed by atoms with Crippen LogP contribution in [0.25, 0.3) is 0 Å². The maximum absolute atomic E-state index is 12.0. The molecule has 6 heteroatoms. The zero-order valence-corrected chi connectivity index (χ0v) is 14.3. The normalized spacial score (nSPS) is 13.6. The minimum absolute atomic E-state index is 0.318. The predicted molar refractivity (Wildman–Crippen MR) is 97.3 cm³/mol. The second-order valence-electron chi connectivity index (χ2n) is 6.22. The van der Waals surface area contributed by atoms with E-state index in [1.807, 2.05) is 37.3 Å². The van der Waals surface area contributed by atoms with Crippen LogP contribution in [0.15, 0.2) is 42.6 Å². The highest BCUT2D eigenvalue weighted by atomic mass is 16.2. The fourth-order valence-electron chi connectivity index (χ4n) is 2.75. The van der Waals surface area contributed by atoms with Crippen molar-refractivity contribution in [2.45, 2.75) is 26.3 Å². The van der Waals surface area contributed by atoms with Crippen LogP contribution in [0.4, 0.5) is 11.5 Å². The summed E-state index contributed by atoms with van der Waals surface area (Å²) in [6.45, 7) is 4.35. The fraction of sp³-hybridized carbons (Fsp3) is 0.316. The van der Waals surface area contributed by atoms with Gasteiger partial charge in [-0.1, -0.05) is 29.8 Å². The fourth-order valence-corrected chi connectivity index (χ4v) is 2.75. The Morgan fingerprint density at radius 3 is 2.40 bits per heavy atom. The molecule has 1 aliphatic rings. The van der Waals surface area contributed by atoms with Crippen LogP contribution in [0.1, 0.15) is 24.0 Å². The molecule has 3 rings (SSSR count). The van der Waals surface area contributed by atoms with Crippen LogP contribution in [-0.4, -0.2) is 29.9 Å². The third kappa shape index (κ3) is 4.56. The number of carbonyl (C=O) groups is 2. The number of hydrogen-bond donors (Lipinski definition) is 2. The lowest BCUT2D eigenvalue weighted by molar-refractivity contribution is -0.136. The third-order valence-electron chi connectivity index (χ3n) is 4.22. The third-order valence-corrected chi connectivity index (χ3v) is 4.22. The Balaban J connectivity index is 1.50. The van der Waals surface area contributed by atoms with Crippen molar-refractivity contribution in [3.63, 3.8) is 0 Å². The van der Waals surface area contributed by atoms with Crippen molar-refractivity contribution in [2.24, 2.45) is 0 Å². The Bertz CT molecular complexity index is 735. The van der Waals surface area contributed by atoms with Crippen LogP contribution in [0.2, 0.25) is 0 Å². The maximum Gasteiger partial charge on any atom is 0.313 e. The van der Waals surface area contributed by atoms with E-state index in [2.05, 4.69) is 20.5 Å². The van der Waals surface area contributed by atoms with Crippen molar-refractivity contribution in [3.05, 3.63) is 53.7 Å². The number of aromatic nitrogens is 1. The van der Waals surface area contributed by atoms with E-state index in [9.17, 15) is 9.59 Å². The van der Waals surface area contributed by atoms with Crippen LogP contribution < -0.4 is 15.5 Å². The molecule has 6 nitrogen and oxygen atoms in total. The largest absolute Gasteiger partial charge is 0.357 e. The zero-order chi connectivity index (χ0) is 17.6. The van der Waals surface area contributed by atoms with Crippen molar-refractivity contribution in [3.8, 4) is 0 Å². The second-order valence-corrected chi connectivity index (χ2v) is 6.22. The molecule has 0 bridgehead atoms. The van der Waals surface area contributed by atoms with Gasteiger partial charge in [0.25, 0.3) is 0 Å². The lowest BCUT2D eigenvalue weighted by Gasteiger charge is -2.16. The molecule has 1 aliphatic heterocycles. The monoisotopic (exact) mass is 338 g/mol. The molecular formula is C19H22N4O2. The predicted octanol–water partition coefficient (Wildman–Crippen LogP) is 2.25. The molecule has 2 heterocycles. The van der Waals surface area contributed by atoms with Crippen LogP contribution in [0.3, 0.4) is 0 Å². The summed E-state index contributed by atoms with van der Waals surface area (Å²) >= 11 is 0. The van der Waals surface area contributed by atoms with Crippen LogP contribution >= 0.6 is 0 Å². The van der Waals surface area contributed by atoms with Crippen LogP contribution in [-0.2, 0) is 16.1 Å². The number of hydrogen-bond acceptors (Lipinski definition) is 4. The second kappa shape index (κ2) is 7.79. The van der Waals surface area contributed by atoms with Crippen molar-refractivity contribution in [1.29, 1.82) is 0 Å². The standard InChI is InChI=1S/C19H22N4O2/c1-14-4-6-15(7-5-14)12-21-18(24)19(25)22-16-8-9-17(20-13-16)23-10-2-3-11-23/h4-9,13H,2-3,10-12H2,1H3,(H,21,24)(H,22,25). The Kier molecular flexibility index (Phi) is 5.28. The highest BCUT2D eigenvalue weighted by Crippen LogP contribution is 2.18. The topological polar surface area (TPSA) is 74.3 Å². The van der Waals surface area contributed by atoms with Gasteiger partial charge >= 0.3 is 11.8 Å². The van der Waals surface area contributed by atoms with Gasteiger partial charge in [-0.25, -0.2) is 4.98 Å². The van der Waals surface area contributed by atoms with Gasteiger partial charge in [0.2, 0.25) is 0 Å². The van der Waals surface area contributed by atoms with Crippen molar-refractivity contribution in [1.82, 2.24) is 10.3 Å². The lowest BCUT2D eigenvalue weighted by Crippen LogP contribution is -2.35. The summed E-state index contributed by atoms with van der Waals surface area (Å²) in [7, 11) is 0. The van der Waals surface area contributed by atoms with Gasteiger partial charge in [0.15, 0.2) is 0 Å². The van der Waals surface area contributed by atoms with E-state index in [1.54, 1.807) is 12.3 Å². The smallest absolute Gasteiger partial charge is 0.313 e. The minimum atomic E-state index is -0.692. The average Bonchev–Trinajstić information content (AvgIpc) is 3.16. The quantitative estimate of drug-likeness (QED) is 0.839. The first kappa shape index (κ1) is 17.0. The van der Waals surface area contributed by atoms with E-state index in [1.165, 1.54) is 12.8 Å². The van der Waals surface area contributed by atoms with Gasteiger partial charge in [0.05, 0.1) is 11.9 Å². The summed E-state index contributed by atoms with van der Waals surface area (Å²) in [6.07, 6.45) is 3.95. The Morgan fingerprint density at radius 2 is 1.76 bits per heavy atom. The summed E-state index contributed by atoms with van der Waals surface area (Å²) in [4.78, 5) is 30.4. The van der Waals surface area contributed by atoms with Crippen molar-refractivity contribution < 1.29 is 9.59 Å². The summed E-state index contributed by atoms with van der Waals surface area (Å²) in [5.74, 6) is -0.452. The van der Waals surface area contributed by atoms with Gasteiger partial charge in [-0.05, 0) is 37.5 Å². The van der Waals surface area contributed by atoms with E-state index in [0.29, 0.717) is 12.2 Å². The molecule has 0 spiro atoms. The molecule has 0 radical (unpaired) electrons. The highest BCUT2D eigenvalue weighted by molar-refractivity contribution is 6.39. The number of carbonyl (C=O) groups excluding carboxylic acids is 2. The number of amides is 2. The molecule has 1 fully saturated rings. The molecule has 0 unspecified atom stereocenters. The molecule has 130 valence electrons. The molecule has 1 saturated heterocycles. The first-order valence-corrected chi connectivity index (χ1v) is 8.47. The van der Waals surface area contributed by atoms with Gasteiger partial charge in [0, 0.05) is 19.6 Å². The van der Waals surface area contributed by atoms with Crippen LogP contribution in [0.5, 0.6) is 0 Å². The van der Waals surface area contributed by atoms with Gasteiger partial charge in [-0.3, -0.25) is 9.59 Å². The van der Waals surface area contributed by atoms with E-state index >= 15 is 0 Å². The number of rotatable bonds is 4. The minimum Gasteiger partial charge on any atom is -0.357 e. The number of pyridine rings is 1. The SMILES string of the molecule is Cc1ccc(CNC(=O)C(=O)Nc2ccc(N3CCCC3)nc2)cc1. The van der Waals surface area contributed by atoms with E-state index < -0.39 is 11.8 Å². The molecule has 2 N–H and O–H groups in total. The highest BCUT2D eigenvalue weighted by Gasteiger charge is 2.15. The van der Waals surface area contributed by atoms with Crippen molar-refractivity contribution in [2.75, 3.05) is 23.3 Å². The van der Waals surface area contributed by atoms with Crippen molar-refractivity contribution >= 4 is 23.3 Å². The first-order valence-electron chi connectivity index (χ1n) is 8.47. The number of nitrogens with zero attached hydrogens (tertiary/aromatic N) is 2. The summed E-state index contributed by atoms with van der Waals surface area (Å²) in [5, 5.41) is 5.19.